The molecule has 0 bridgehead atoms. The van der Waals surface area contributed by atoms with E-state index in [2.05, 4.69) is 52.2 Å². The first-order valence-corrected chi connectivity index (χ1v) is 7.95. The average Bonchev–Trinajstić information content (AvgIpc) is 2.97. The van der Waals surface area contributed by atoms with E-state index in [9.17, 15) is 0 Å². The zero-order valence-electron chi connectivity index (χ0n) is 11.5. The number of thiophene rings is 1. The Morgan fingerprint density at radius 1 is 1.37 bits per heavy atom. The predicted octanol–water partition coefficient (Wildman–Crippen LogP) is 3.91. The van der Waals surface area contributed by atoms with Crippen LogP contribution in [0, 0.1) is 5.92 Å². The van der Waals surface area contributed by atoms with Gasteiger partial charge in [0.1, 0.15) is 0 Å². The highest BCUT2D eigenvalue weighted by Gasteiger charge is 2.27. The summed E-state index contributed by atoms with van der Waals surface area (Å²) in [6.45, 7) is 6.48. The van der Waals surface area contributed by atoms with E-state index in [-0.39, 0.29) is 5.92 Å². The zero-order chi connectivity index (χ0) is 14.0. The van der Waals surface area contributed by atoms with Crippen molar-refractivity contribution in [1.29, 1.82) is 0 Å². The van der Waals surface area contributed by atoms with Crippen molar-refractivity contribution in [3.8, 4) is 10.7 Å². The molecule has 0 saturated carbocycles. The maximum Gasteiger partial charge on any atom is 0.231 e. The van der Waals surface area contributed by atoms with Gasteiger partial charge in [-0.25, -0.2) is 0 Å². The van der Waals surface area contributed by atoms with Gasteiger partial charge < -0.3 is 9.84 Å². The molecule has 2 aromatic heterocycles. The summed E-state index contributed by atoms with van der Waals surface area (Å²) in [4.78, 5) is 5.57. The molecule has 2 aromatic rings. The Hall–Kier alpha value is -0.720. The molecule has 0 aliphatic carbocycles. The van der Waals surface area contributed by atoms with Gasteiger partial charge in [0, 0.05) is 15.9 Å². The summed E-state index contributed by atoms with van der Waals surface area (Å²) in [7, 11) is 1.95. The number of hydrogen-bond donors (Lipinski definition) is 1. The van der Waals surface area contributed by atoms with Gasteiger partial charge in [0.2, 0.25) is 11.7 Å². The molecule has 0 aliphatic heterocycles. The van der Waals surface area contributed by atoms with Gasteiger partial charge in [-0.1, -0.05) is 19.0 Å². The Morgan fingerprint density at radius 2 is 2.11 bits per heavy atom. The average molecular weight is 344 g/mol. The second-order valence-corrected chi connectivity index (χ2v) is 6.76. The maximum absolute atomic E-state index is 5.46. The lowest BCUT2D eigenvalue weighted by molar-refractivity contribution is 0.286. The molecule has 4 nitrogen and oxygen atoms in total. The van der Waals surface area contributed by atoms with E-state index in [1.54, 1.807) is 11.3 Å². The standard InChI is InChI=1S/C13H18BrN3OS/c1-7(2)11(8(3)15-4)13-16-12(17-18-13)10-5-9(14)6-19-10/h5-8,11,15H,1-4H3. The molecule has 2 heterocycles. The lowest BCUT2D eigenvalue weighted by Gasteiger charge is -2.23. The van der Waals surface area contributed by atoms with Crippen molar-refractivity contribution < 1.29 is 4.52 Å². The van der Waals surface area contributed by atoms with Crippen molar-refractivity contribution in [2.24, 2.45) is 5.92 Å². The highest BCUT2D eigenvalue weighted by atomic mass is 79.9. The quantitative estimate of drug-likeness (QED) is 0.894. The second kappa shape index (κ2) is 6.15. The van der Waals surface area contributed by atoms with E-state index in [0.717, 1.165) is 9.35 Å². The molecule has 104 valence electrons. The number of rotatable bonds is 5. The summed E-state index contributed by atoms with van der Waals surface area (Å²) >= 11 is 5.04. The van der Waals surface area contributed by atoms with Crippen LogP contribution >= 0.6 is 27.3 Å². The van der Waals surface area contributed by atoms with Gasteiger partial charge in [-0.15, -0.1) is 11.3 Å². The Balaban J connectivity index is 2.28. The van der Waals surface area contributed by atoms with Gasteiger partial charge in [-0.3, -0.25) is 0 Å². The van der Waals surface area contributed by atoms with Crippen LogP contribution in [0.1, 0.15) is 32.6 Å². The van der Waals surface area contributed by atoms with E-state index < -0.39 is 0 Å². The van der Waals surface area contributed by atoms with Gasteiger partial charge in [-0.2, -0.15) is 4.98 Å². The Kier molecular flexibility index (Phi) is 4.76. The van der Waals surface area contributed by atoms with Crippen LogP contribution < -0.4 is 5.32 Å². The third kappa shape index (κ3) is 3.24. The molecule has 0 saturated heterocycles. The lowest BCUT2D eigenvalue weighted by Crippen LogP contribution is -2.32. The Labute approximate surface area is 125 Å². The van der Waals surface area contributed by atoms with Crippen molar-refractivity contribution in [1.82, 2.24) is 15.5 Å². The minimum absolute atomic E-state index is 0.217. The fourth-order valence-corrected chi connectivity index (χ4v) is 3.51. The molecule has 0 radical (unpaired) electrons. The minimum Gasteiger partial charge on any atom is -0.339 e. The molecule has 0 fully saturated rings. The maximum atomic E-state index is 5.46. The molecule has 2 atom stereocenters. The molecule has 2 rings (SSSR count). The van der Waals surface area contributed by atoms with Gasteiger partial charge in [0.05, 0.1) is 10.8 Å². The smallest absolute Gasteiger partial charge is 0.231 e. The van der Waals surface area contributed by atoms with Crippen LogP contribution in [0.2, 0.25) is 0 Å². The highest BCUT2D eigenvalue weighted by molar-refractivity contribution is 9.10. The van der Waals surface area contributed by atoms with Gasteiger partial charge in [0.25, 0.3) is 0 Å². The lowest BCUT2D eigenvalue weighted by atomic mass is 9.89. The number of halogens is 1. The molecule has 2 unspecified atom stereocenters. The van der Waals surface area contributed by atoms with Crippen LogP contribution in [-0.2, 0) is 0 Å². The van der Waals surface area contributed by atoms with Crippen LogP contribution in [0.25, 0.3) is 10.7 Å². The van der Waals surface area contributed by atoms with Crippen molar-refractivity contribution in [3.05, 3.63) is 21.8 Å². The summed E-state index contributed by atoms with van der Waals surface area (Å²) in [6.07, 6.45) is 0. The predicted molar refractivity (Wildman–Crippen MR) is 81.4 cm³/mol. The van der Waals surface area contributed by atoms with Gasteiger partial charge >= 0.3 is 0 Å². The molecule has 6 heteroatoms. The SMILES string of the molecule is CNC(C)C(c1nc(-c2cc(Br)cs2)no1)C(C)C. The van der Waals surface area contributed by atoms with Crippen molar-refractivity contribution in [2.75, 3.05) is 7.05 Å². The molecular weight excluding hydrogens is 326 g/mol. The summed E-state index contributed by atoms with van der Waals surface area (Å²) in [5, 5.41) is 9.38. The molecule has 0 amide bonds. The number of nitrogens with one attached hydrogen (secondary N) is 1. The van der Waals surface area contributed by atoms with E-state index in [4.69, 9.17) is 4.52 Å². The summed E-state index contributed by atoms with van der Waals surface area (Å²) in [5.41, 5.74) is 0. The highest BCUT2D eigenvalue weighted by Crippen LogP contribution is 2.31. The number of hydrogen-bond acceptors (Lipinski definition) is 5. The van der Waals surface area contributed by atoms with Crippen LogP contribution in [0.3, 0.4) is 0 Å². The number of nitrogens with zero attached hydrogens (tertiary/aromatic N) is 2. The Bertz CT molecular complexity index is 537. The van der Waals surface area contributed by atoms with Crippen LogP contribution in [-0.4, -0.2) is 23.2 Å². The fraction of sp³-hybridized carbons (Fsp3) is 0.538. The zero-order valence-corrected chi connectivity index (χ0v) is 13.9. The Morgan fingerprint density at radius 3 is 2.63 bits per heavy atom. The third-order valence-corrected chi connectivity index (χ3v) is 4.91. The van der Waals surface area contributed by atoms with E-state index in [1.165, 1.54) is 0 Å². The van der Waals surface area contributed by atoms with Crippen LogP contribution in [0.4, 0.5) is 0 Å². The summed E-state index contributed by atoms with van der Waals surface area (Å²) in [6, 6.07) is 2.30. The van der Waals surface area contributed by atoms with E-state index in [1.807, 2.05) is 18.5 Å². The summed E-state index contributed by atoms with van der Waals surface area (Å²) in [5.74, 6) is 2.02. The molecule has 0 aromatic carbocycles. The van der Waals surface area contributed by atoms with E-state index in [0.29, 0.717) is 23.7 Å². The van der Waals surface area contributed by atoms with Crippen LogP contribution in [0.15, 0.2) is 20.4 Å². The molecule has 0 aliphatic rings. The third-order valence-electron chi connectivity index (χ3n) is 3.23. The summed E-state index contributed by atoms with van der Waals surface area (Å²) < 4.78 is 6.51. The molecule has 19 heavy (non-hydrogen) atoms. The molecule has 1 N–H and O–H groups in total. The van der Waals surface area contributed by atoms with Crippen molar-refractivity contribution in [2.45, 2.75) is 32.7 Å². The van der Waals surface area contributed by atoms with E-state index >= 15 is 0 Å². The monoisotopic (exact) mass is 343 g/mol. The minimum atomic E-state index is 0.217. The molecule has 0 spiro atoms. The van der Waals surface area contributed by atoms with Gasteiger partial charge in [-0.05, 0) is 41.9 Å². The van der Waals surface area contributed by atoms with Crippen molar-refractivity contribution in [3.63, 3.8) is 0 Å². The van der Waals surface area contributed by atoms with Crippen LogP contribution in [0.5, 0.6) is 0 Å². The molecular formula is C13H18BrN3OS. The van der Waals surface area contributed by atoms with Crippen molar-refractivity contribution >= 4 is 27.3 Å². The second-order valence-electron chi connectivity index (χ2n) is 4.93. The van der Waals surface area contributed by atoms with Gasteiger partial charge in [0.15, 0.2) is 0 Å². The topological polar surface area (TPSA) is 51.0 Å². The number of aromatic nitrogens is 2. The first-order valence-electron chi connectivity index (χ1n) is 6.28. The normalized spacial score (nSPS) is 14.8. The largest absolute Gasteiger partial charge is 0.339 e. The first kappa shape index (κ1) is 14.7. The fourth-order valence-electron chi connectivity index (χ4n) is 2.16. The number of likely N-dealkylation sites (N-methyl/N-ethyl adjacent to an activating group) is 1. The first-order chi connectivity index (χ1) is 9.02.